The first-order chi connectivity index (χ1) is 9.30. The summed E-state index contributed by atoms with van der Waals surface area (Å²) >= 11 is 1.68. The van der Waals surface area contributed by atoms with E-state index in [0.29, 0.717) is 6.54 Å². The average molecular weight is 275 g/mol. The highest BCUT2D eigenvalue weighted by Crippen LogP contribution is 2.25. The van der Waals surface area contributed by atoms with Crippen LogP contribution in [0, 0.1) is 0 Å². The third kappa shape index (κ3) is 2.98. The van der Waals surface area contributed by atoms with E-state index >= 15 is 0 Å². The van der Waals surface area contributed by atoms with Gasteiger partial charge in [-0.15, -0.1) is 16.8 Å². The number of ether oxygens (including phenoxy) is 1. The van der Waals surface area contributed by atoms with Crippen molar-refractivity contribution >= 4 is 11.8 Å². The minimum Gasteiger partial charge on any atom is -0.497 e. The molecule has 0 saturated carbocycles. The first-order valence-electron chi connectivity index (χ1n) is 6.11. The van der Waals surface area contributed by atoms with E-state index in [9.17, 15) is 0 Å². The van der Waals surface area contributed by atoms with E-state index in [0.717, 1.165) is 28.0 Å². The number of nitrogens with zero attached hydrogens (tertiary/aromatic N) is 3. The molecule has 0 aliphatic heterocycles. The number of rotatable bonds is 6. The molecule has 4 nitrogen and oxygen atoms in total. The Morgan fingerprint density at radius 2 is 2.05 bits per heavy atom. The number of methoxy groups -OCH3 is 1. The van der Waals surface area contributed by atoms with Gasteiger partial charge in [0.1, 0.15) is 5.75 Å². The number of benzene rings is 1. The second kappa shape index (κ2) is 6.43. The molecule has 0 spiro atoms. The molecule has 0 saturated heterocycles. The minimum absolute atomic E-state index is 0.705. The average Bonchev–Trinajstić information content (AvgIpc) is 2.83. The van der Waals surface area contributed by atoms with Crippen LogP contribution >= 0.6 is 11.8 Å². The molecule has 0 aliphatic rings. The Labute approximate surface area is 117 Å². The summed E-state index contributed by atoms with van der Waals surface area (Å²) in [6, 6.07) is 7.83. The molecule has 0 atom stereocenters. The summed E-state index contributed by atoms with van der Waals surface area (Å²) < 4.78 is 7.24. The van der Waals surface area contributed by atoms with Crippen LogP contribution in [0.3, 0.4) is 0 Å². The van der Waals surface area contributed by atoms with Gasteiger partial charge in [-0.3, -0.25) is 4.57 Å². The number of hydrogen-bond donors (Lipinski definition) is 0. The largest absolute Gasteiger partial charge is 0.497 e. The molecule has 1 heterocycles. The van der Waals surface area contributed by atoms with Gasteiger partial charge in [0, 0.05) is 12.1 Å². The molecule has 1 aromatic carbocycles. The topological polar surface area (TPSA) is 39.9 Å². The quantitative estimate of drug-likeness (QED) is 0.599. The number of thioether (sulfide) groups is 1. The molecule has 5 heteroatoms. The SMILES string of the molecule is C=CCn1c(SCC)nnc1-c1ccc(OC)cc1. The fourth-order valence-electron chi connectivity index (χ4n) is 1.77. The van der Waals surface area contributed by atoms with Gasteiger partial charge in [0.2, 0.25) is 0 Å². The van der Waals surface area contributed by atoms with Crippen LogP contribution in [-0.4, -0.2) is 27.6 Å². The minimum atomic E-state index is 0.705. The van der Waals surface area contributed by atoms with Gasteiger partial charge in [-0.2, -0.15) is 0 Å². The predicted molar refractivity (Wildman–Crippen MR) is 78.6 cm³/mol. The molecule has 0 fully saturated rings. The Morgan fingerprint density at radius 1 is 1.32 bits per heavy atom. The van der Waals surface area contributed by atoms with Gasteiger partial charge in [-0.1, -0.05) is 24.8 Å². The molecule has 0 aliphatic carbocycles. The van der Waals surface area contributed by atoms with E-state index in [1.165, 1.54) is 0 Å². The van der Waals surface area contributed by atoms with E-state index in [2.05, 4.69) is 28.3 Å². The molecular weight excluding hydrogens is 258 g/mol. The molecule has 100 valence electrons. The second-order valence-electron chi connectivity index (χ2n) is 3.87. The Balaban J connectivity index is 2.39. The Morgan fingerprint density at radius 3 is 2.63 bits per heavy atom. The van der Waals surface area contributed by atoms with Crippen molar-refractivity contribution in [3.63, 3.8) is 0 Å². The summed E-state index contributed by atoms with van der Waals surface area (Å²) in [7, 11) is 1.66. The summed E-state index contributed by atoms with van der Waals surface area (Å²) in [5.74, 6) is 2.66. The van der Waals surface area contributed by atoms with Crippen LogP contribution in [0.25, 0.3) is 11.4 Å². The molecule has 2 aromatic rings. The van der Waals surface area contributed by atoms with E-state index in [-0.39, 0.29) is 0 Å². The van der Waals surface area contributed by atoms with Crippen molar-refractivity contribution in [2.75, 3.05) is 12.9 Å². The van der Waals surface area contributed by atoms with Crippen molar-refractivity contribution in [1.29, 1.82) is 0 Å². The van der Waals surface area contributed by atoms with Crippen molar-refractivity contribution < 1.29 is 4.74 Å². The van der Waals surface area contributed by atoms with E-state index in [1.807, 2.05) is 30.3 Å². The monoisotopic (exact) mass is 275 g/mol. The van der Waals surface area contributed by atoms with Gasteiger partial charge < -0.3 is 4.74 Å². The standard InChI is InChI=1S/C14H17N3OS/c1-4-10-17-13(15-16-14(17)19-5-2)11-6-8-12(18-3)9-7-11/h4,6-9H,1,5,10H2,2-3H3. The smallest absolute Gasteiger partial charge is 0.191 e. The van der Waals surface area contributed by atoms with Gasteiger partial charge in [0.25, 0.3) is 0 Å². The van der Waals surface area contributed by atoms with Crippen LogP contribution in [0.1, 0.15) is 6.92 Å². The van der Waals surface area contributed by atoms with Gasteiger partial charge in [0.15, 0.2) is 11.0 Å². The zero-order valence-corrected chi connectivity index (χ0v) is 12.0. The number of allylic oxidation sites excluding steroid dienone is 1. The molecule has 19 heavy (non-hydrogen) atoms. The Bertz CT molecular complexity index is 548. The van der Waals surface area contributed by atoms with Crippen LogP contribution in [0.15, 0.2) is 42.1 Å². The van der Waals surface area contributed by atoms with Gasteiger partial charge in [-0.25, -0.2) is 0 Å². The fourth-order valence-corrected chi connectivity index (χ4v) is 2.45. The highest BCUT2D eigenvalue weighted by molar-refractivity contribution is 7.99. The lowest BCUT2D eigenvalue weighted by atomic mass is 10.2. The van der Waals surface area contributed by atoms with Gasteiger partial charge in [0.05, 0.1) is 7.11 Å². The lowest BCUT2D eigenvalue weighted by molar-refractivity contribution is 0.415. The maximum Gasteiger partial charge on any atom is 0.191 e. The number of aromatic nitrogens is 3. The maximum absolute atomic E-state index is 5.16. The lowest BCUT2D eigenvalue weighted by Crippen LogP contribution is -2.00. The Hall–Kier alpha value is -1.75. The fraction of sp³-hybridized carbons (Fsp3) is 0.286. The van der Waals surface area contributed by atoms with Crippen LogP contribution < -0.4 is 4.74 Å². The van der Waals surface area contributed by atoms with Crippen molar-refractivity contribution in [2.24, 2.45) is 0 Å². The Kier molecular flexibility index (Phi) is 4.63. The first-order valence-corrected chi connectivity index (χ1v) is 7.10. The lowest BCUT2D eigenvalue weighted by Gasteiger charge is -2.07. The van der Waals surface area contributed by atoms with Crippen molar-refractivity contribution in [3.8, 4) is 17.1 Å². The zero-order chi connectivity index (χ0) is 13.7. The predicted octanol–water partition coefficient (Wildman–Crippen LogP) is 3.25. The number of hydrogen-bond acceptors (Lipinski definition) is 4. The molecule has 0 amide bonds. The summed E-state index contributed by atoms with van der Waals surface area (Å²) in [5, 5.41) is 9.45. The van der Waals surface area contributed by atoms with Crippen LogP contribution in [0.2, 0.25) is 0 Å². The van der Waals surface area contributed by atoms with E-state index in [4.69, 9.17) is 4.74 Å². The van der Waals surface area contributed by atoms with E-state index < -0.39 is 0 Å². The normalized spacial score (nSPS) is 10.4. The molecule has 2 rings (SSSR count). The molecular formula is C14H17N3OS. The van der Waals surface area contributed by atoms with Gasteiger partial charge in [-0.05, 0) is 30.0 Å². The molecule has 0 radical (unpaired) electrons. The molecule has 1 aromatic heterocycles. The summed E-state index contributed by atoms with van der Waals surface area (Å²) in [5.41, 5.74) is 1.03. The molecule has 0 bridgehead atoms. The molecule has 0 N–H and O–H groups in total. The molecule has 0 unspecified atom stereocenters. The van der Waals surface area contributed by atoms with Crippen molar-refractivity contribution in [1.82, 2.24) is 14.8 Å². The second-order valence-corrected chi connectivity index (χ2v) is 5.10. The summed E-state index contributed by atoms with van der Waals surface area (Å²) in [6.07, 6.45) is 1.86. The van der Waals surface area contributed by atoms with Crippen LogP contribution in [0.4, 0.5) is 0 Å². The van der Waals surface area contributed by atoms with Crippen molar-refractivity contribution in [3.05, 3.63) is 36.9 Å². The highest BCUT2D eigenvalue weighted by Gasteiger charge is 2.12. The maximum atomic E-state index is 5.16. The third-order valence-corrected chi connectivity index (χ3v) is 3.50. The highest BCUT2D eigenvalue weighted by atomic mass is 32.2. The van der Waals surface area contributed by atoms with Crippen LogP contribution in [0.5, 0.6) is 5.75 Å². The summed E-state index contributed by atoms with van der Waals surface area (Å²) in [4.78, 5) is 0. The first kappa shape index (κ1) is 13.7. The third-order valence-electron chi connectivity index (χ3n) is 2.65. The van der Waals surface area contributed by atoms with Crippen molar-refractivity contribution in [2.45, 2.75) is 18.6 Å². The zero-order valence-electron chi connectivity index (χ0n) is 11.2. The van der Waals surface area contributed by atoms with Gasteiger partial charge >= 0.3 is 0 Å². The summed E-state index contributed by atoms with van der Waals surface area (Å²) in [6.45, 7) is 6.60. The van der Waals surface area contributed by atoms with E-state index in [1.54, 1.807) is 18.9 Å². The van der Waals surface area contributed by atoms with Crippen LogP contribution in [-0.2, 0) is 6.54 Å².